The lowest BCUT2D eigenvalue weighted by atomic mass is 10.1. The zero-order valence-corrected chi connectivity index (χ0v) is 18.2. The van der Waals surface area contributed by atoms with Crippen LogP contribution < -0.4 is 14.2 Å². The quantitative estimate of drug-likeness (QED) is 0.387. The van der Waals surface area contributed by atoms with E-state index in [2.05, 4.69) is 0 Å². The Morgan fingerprint density at radius 3 is 2.00 bits per heavy atom. The summed E-state index contributed by atoms with van der Waals surface area (Å²) < 4.78 is 22.4. The molecule has 0 amide bonds. The molecule has 162 valence electrons. The van der Waals surface area contributed by atoms with Crippen molar-refractivity contribution >= 4 is 5.97 Å². The van der Waals surface area contributed by atoms with Crippen molar-refractivity contribution in [2.24, 2.45) is 0 Å². The summed E-state index contributed by atoms with van der Waals surface area (Å²) >= 11 is 0. The van der Waals surface area contributed by atoms with Crippen molar-refractivity contribution in [1.82, 2.24) is 0 Å². The molecule has 0 saturated carbocycles. The number of rotatable bonds is 10. The topological polar surface area (TPSA) is 54.0 Å². The van der Waals surface area contributed by atoms with E-state index in [0.717, 1.165) is 29.2 Å². The number of hydrogen-bond acceptors (Lipinski definition) is 5. The average Bonchev–Trinajstić information content (AvgIpc) is 2.77. The molecule has 0 saturated heterocycles. The van der Waals surface area contributed by atoms with Gasteiger partial charge in [0.2, 0.25) is 0 Å². The van der Waals surface area contributed by atoms with Crippen LogP contribution in [0.15, 0.2) is 78.9 Å². The Morgan fingerprint density at radius 2 is 1.35 bits per heavy atom. The highest BCUT2D eigenvalue weighted by molar-refractivity contribution is 5.79. The molecule has 0 heterocycles. The molecule has 0 atom stereocenters. The van der Waals surface area contributed by atoms with Crippen molar-refractivity contribution in [2.45, 2.75) is 32.8 Å². The lowest BCUT2D eigenvalue weighted by Gasteiger charge is -2.24. The first-order chi connectivity index (χ1) is 15.0. The lowest BCUT2D eigenvalue weighted by molar-refractivity contribution is -0.158. The summed E-state index contributed by atoms with van der Waals surface area (Å²) in [5.74, 6) is 2.59. The predicted octanol–water partition coefficient (Wildman–Crippen LogP) is 5.82. The zero-order valence-electron chi connectivity index (χ0n) is 18.2. The minimum absolute atomic E-state index is 0.327. The van der Waals surface area contributed by atoms with E-state index in [9.17, 15) is 4.79 Å². The standard InChI is InChI=1S/C26H28O5/c1-4-28-25(27)26(2,3)31-24-12-10-20(11-13-24)18-19-29-21-14-16-23(17-15-21)30-22-8-6-5-7-9-22/h5-17H,4,18-19H2,1-3H3. The van der Waals surface area contributed by atoms with Gasteiger partial charge in [-0.15, -0.1) is 0 Å². The highest BCUT2D eigenvalue weighted by Gasteiger charge is 2.31. The van der Waals surface area contributed by atoms with Crippen molar-refractivity contribution in [3.05, 3.63) is 84.4 Å². The molecule has 0 aliphatic rings. The molecule has 5 heteroatoms. The summed E-state index contributed by atoms with van der Waals surface area (Å²) in [5, 5.41) is 0. The Hall–Kier alpha value is -3.47. The van der Waals surface area contributed by atoms with E-state index >= 15 is 0 Å². The van der Waals surface area contributed by atoms with Crippen molar-refractivity contribution in [3.8, 4) is 23.0 Å². The molecule has 0 unspecified atom stereocenters. The molecule has 0 aliphatic carbocycles. The molecule has 3 rings (SSSR count). The average molecular weight is 421 g/mol. The largest absolute Gasteiger partial charge is 0.493 e. The van der Waals surface area contributed by atoms with E-state index in [-0.39, 0.29) is 5.97 Å². The maximum atomic E-state index is 12.0. The third-order valence-corrected chi connectivity index (χ3v) is 4.53. The molecule has 0 aromatic heterocycles. The number of carbonyl (C=O) groups excluding carboxylic acids is 1. The molecule has 0 N–H and O–H groups in total. The molecule has 0 spiro atoms. The van der Waals surface area contributed by atoms with Crippen LogP contribution in [-0.2, 0) is 16.0 Å². The zero-order chi connectivity index (χ0) is 22.1. The Bertz CT molecular complexity index is 947. The fraction of sp³-hybridized carbons (Fsp3) is 0.269. The van der Waals surface area contributed by atoms with E-state index in [1.54, 1.807) is 20.8 Å². The van der Waals surface area contributed by atoms with E-state index in [4.69, 9.17) is 18.9 Å². The van der Waals surface area contributed by atoms with Gasteiger partial charge in [0, 0.05) is 6.42 Å². The lowest BCUT2D eigenvalue weighted by Crippen LogP contribution is -2.39. The predicted molar refractivity (Wildman–Crippen MR) is 120 cm³/mol. The van der Waals surface area contributed by atoms with Crippen LogP contribution in [0.4, 0.5) is 0 Å². The fourth-order valence-corrected chi connectivity index (χ4v) is 2.88. The van der Waals surface area contributed by atoms with Crippen LogP contribution in [0.25, 0.3) is 0 Å². The first-order valence-electron chi connectivity index (χ1n) is 10.4. The van der Waals surface area contributed by atoms with E-state index in [1.165, 1.54) is 0 Å². The molecule has 5 nitrogen and oxygen atoms in total. The van der Waals surface area contributed by atoms with Crippen LogP contribution in [0.1, 0.15) is 26.3 Å². The number of ether oxygens (including phenoxy) is 4. The van der Waals surface area contributed by atoms with Crippen molar-refractivity contribution < 1.29 is 23.7 Å². The van der Waals surface area contributed by atoms with Gasteiger partial charge in [0.1, 0.15) is 23.0 Å². The summed E-state index contributed by atoms with van der Waals surface area (Å²) in [6, 6.07) is 24.9. The summed E-state index contributed by atoms with van der Waals surface area (Å²) in [6.45, 7) is 6.05. The first-order valence-corrected chi connectivity index (χ1v) is 10.4. The van der Waals surface area contributed by atoms with Crippen LogP contribution in [0.3, 0.4) is 0 Å². The molecule has 0 aliphatic heterocycles. The maximum absolute atomic E-state index is 12.0. The molecule has 0 radical (unpaired) electrons. The Kier molecular flexibility index (Phi) is 7.55. The fourth-order valence-electron chi connectivity index (χ4n) is 2.88. The first kappa shape index (κ1) is 22.2. The molecule has 3 aromatic carbocycles. The van der Waals surface area contributed by atoms with Gasteiger partial charge >= 0.3 is 5.97 Å². The normalized spacial score (nSPS) is 10.9. The molecule has 3 aromatic rings. The van der Waals surface area contributed by atoms with Crippen molar-refractivity contribution in [3.63, 3.8) is 0 Å². The summed E-state index contributed by atoms with van der Waals surface area (Å²) in [7, 11) is 0. The Morgan fingerprint density at radius 1 is 0.774 bits per heavy atom. The van der Waals surface area contributed by atoms with Crippen LogP contribution in [0.5, 0.6) is 23.0 Å². The van der Waals surface area contributed by atoms with Crippen LogP contribution >= 0.6 is 0 Å². The minimum atomic E-state index is -1.03. The number of benzene rings is 3. The summed E-state index contributed by atoms with van der Waals surface area (Å²) in [6.07, 6.45) is 0.754. The maximum Gasteiger partial charge on any atom is 0.349 e. The van der Waals surface area contributed by atoms with Gasteiger partial charge in [0.15, 0.2) is 5.60 Å². The highest BCUT2D eigenvalue weighted by Crippen LogP contribution is 2.24. The van der Waals surface area contributed by atoms with Crippen LogP contribution in [0, 0.1) is 0 Å². The molecular weight excluding hydrogens is 392 g/mol. The van der Waals surface area contributed by atoms with E-state index in [1.807, 2.05) is 78.9 Å². The Labute approximate surface area is 183 Å². The third kappa shape index (κ3) is 6.78. The number of para-hydroxylation sites is 1. The summed E-state index contributed by atoms with van der Waals surface area (Å²) in [4.78, 5) is 12.0. The number of carbonyl (C=O) groups is 1. The van der Waals surface area contributed by atoms with Gasteiger partial charge in [0.05, 0.1) is 13.2 Å². The Balaban J connectivity index is 1.46. The van der Waals surface area contributed by atoms with E-state index < -0.39 is 5.60 Å². The molecule has 0 bridgehead atoms. The molecule has 0 fully saturated rings. The van der Waals surface area contributed by atoms with Gasteiger partial charge in [0.25, 0.3) is 0 Å². The SMILES string of the molecule is CCOC(=O)C(C)(C)Oc1ccc(CCOc2ccc(Oc3ccccc3)cc2)cc1. The number of esters is 1. The third-order valence-electron chi connectivity index (χ3n) is 4.53. The second-order valence-corrected chi connectivity index (χ2v) is 7.46. The number of hydrogen-bond donors (Lipinski definition) is 0. The highest BCUT2D eigenvalue weighted by atomic mass is 16.6. The summed E-state index contributed by atoms with van der Waals surface area (Å²) in [5.41, 5.74) is 0.0853. The monoisotopic (exact) mass is 420 g/mol. The van der Waals surface area contributed by atoms with Gasteiger partial charge in [-0.2, -0.15) is 0 Å². The van der Waals surface area contributed by atoms with Crippen LogP contribution in [-0.4, -0.2) is 24.8 Å². The second-order valence-electron chi connectivity index (χ2n) is 7.46. The van der Waals surface area contributed by atoms with Crippen LogP contribution in [0.2, 0.25) is 0 Å². The van der Waals surface area contributed by atoms with Gasteiger partial charge in [-0.3, -0.25) is 0 Å². The van der Waals surface area contributed by atoms with Gasteiger partial charge in [-0.1, -0.05) is 30.3 Å². The molecular formula is C26H28O5. The van der Waals surface area contributed by atoms with Crippen molar-refractivity contribution in [2.75, 3.05) is 13.2 Å². The van der Waals surface area contributed by atoms with Gasteiger partial charge in [-0.05, 0) is 74.9 Å². The van der Waals surface area contributed by atoms with Gasteiger partial charge < -0.3 is 18.9 Å². The minimum Gasteiger partial charge on any atom is -0.493 e. The van der Waals surface area contributed by atoms with Gasteiger partial charge in [-0.25, -0.2) is 4.79 Å². The smallest absolute Gasteiger partial charge is 0.349 e. The van der Waals surface area contributed by atoms with E-state index in [0.29, 0.717) is 19.0 Å². The second kappa shape index (κ2) is 10.5. The van der Waals surface area contributed by atoms with Crippen molar-refractivity contribution in [1.29, 1.82) is 0 Å². The molecule has 31 heavy (non-hydrogen) atoms.